The maximum atomic E-state index is 4.51. The number of hydrogen-bond acceptors (Lipinski definition) is 4. The maximum Gasteiger partial charge on any atom is 0.143 e. The molecule has 5 nitrogen and oxygen atoms in total. The molecule has 4 rings (SSSR count). The number of anilines is 1. The number of aromatic nitrogens is 3. The van der Waals surface area contributed by atoms with Crippen LogP contribution in [0.2, 0.25) is 0 Å². The highest BCUT2D eigenvalue weighted by molar-refractivity contribution is 5.90. The second-order valence-corrected chi connectivity index (χ2v) is 6.45. The summed E-state index contributed by atoms with van der Waals surface area (Å²) in [6.07, 6.45) is 11.5. The highest BCUT2D eigenvalue weighted by atomic mass is 15.1. The molecule has 5 heteroatoms. The van der Waals surface area contributed by atoms with E-state index in [9.17, 15) is 0 Å². The average Bonchev–Trinajstić information content (AvgIpc) is 2.88. The van der Waals surface area contributed by atoms with E-state index in [1.807, 2.05) is 0 Å². The lowest BCUT2D eigenvalue weighted by atomic mass is 9.81. The van der Waals surface area contributed by atoms with Crippen molar-refractivity contribution in [3.8, 4) is 0 Å². The summed E-state index contributed by atoms with van der Waals surface area (Å²) in [5, 5.41) is 8.28. The van der Waals surface area contributed by atoms with Gasteiger partial charge in [-0.25, -0.2) is 9.97 Å². The van der Waals surface area contributed by atoms with E-state index in [2.05, 4.69) is 31.8 Å². The molecule has 1 atom stereocenters. The van der Waals surface area contributed by atoms with E-state index in [-0.39, 0.29) is 0 Å². The Morgan fingerprint density at radius 3 is 2.90 bits per heavy atom. The van der Waals surface area contributed by atoms with E-state index in [4.69, 9.17) is 0 Å². The first-order chi connectivity index (χ1) is 10.4. The number of aromatic amines is 1. The molecule has 1 aliphatic heterocycles. The second-order valence-electron chi connectivity index (χ2n) is 6.45. The molecule has 3 N–H and O–H groups in total. The topological polar surface area (TPSA) is 65.6 Å². The zero-order valence-corrected chi connectivity index (χ0v) is 12.4. The lowest BCUT2D eigenvalue weighted by Crippen LogP contribution is -2.38. The smallest absolute Gasteiger partial charge is 0.143 e. The van der Waals surface area contributed by atoms with Gasteiger partial charge in [0.2, 0.25) is 0 Å². The maximum absolute atomic E-state index is 4.51. The van der Waals surface area contributed by atoms with Crippen LogP contribution in [-0.2, 0) is 6.42 Å². The van der Waals surface area contributed by atoms with Gasteiger partial charge in [0.1, 0.15) is 17.8 Å². The molecule has 0 bridgehead atoms. The van der Waals surface area contributed by atoms with Crippen LogP contribution in [0.15, 0.2) is 12.5 Å². The zero-order valence-electron chi connectivity index (χ0n) is 12.4. The van der Waals surface area contributed by atoms with Crippen molar-refractivity contribution in [3.63, 3.8) is 0 Å². The van der Waals surface area contributed by atoms with Crippen LogP contribution < -0.4 is 10.6 Å². The van der Waals surface area contributed by atoms with Gasteiger partial charge in [0.05, 0.1) is 5.39 Å². The van der Waals surface area contributed by atoms with Gasteiger partial charge in [-0.05, 0) is 37.3 Å². The van der Waals surface area contributed by atoms with E-state index in [0.29, 0.717) is 6.04 Å². The summed E-state index contributed by atoms with van der Waals surface area (Å²) in [7, 11) is 0. The van der Waals surface area contributed by atoms with Gasteiger partial charge in [-0.1, -0.05) is 19.3 Å². The van der Waals surface area contributed by atoms with Crippen LogP contribution in [0, 0.1) is 5.92 Å². The van der Waals surface area contributed by atoms with E-state index in [0.717, 1.165) is 36.9 Å². The first-order valence-electron chi connectivity index (χ1n) is 8.18. The number of rotatable bonds is 4. The van der Waals surface area contributed by atoms with Crippen molar-refractivity contribution < 1.29 is 0 Å². The number of nitrogens with zero attached hydrogens (tertiary/aromatic N) is 2. The Balaban J connectivity index is 1.61. The molecule has 2 fully saturated rings. The fourth-order valence-corrected chi connectivity index (χ4v) is 3.47. The predicted octanol–water partition coefficient (Wildman–Crippen LogP) is 2.46. The molecule has 1 saturated heterocycles. The minimum absolute atomic E-state index is 0.475. The molecule has 2 aromatic heterocycles. The van der Waals surface area contributed by atoms with Crippen molar-refractivity contribution >= 4 is 16.9 Å². The largest absolute Gasteiger partial charge is 0.365 e. The number of fused-ring (bicyclic) bond motifs is 1. The first-order valence-corrected chi connectivity index (χ1v) is 8.18. The fourth-order valence-electron chi connectivity index (χ4n) is 3.47. The Bertz CT molecular complexity index is 610. The highest BCUT2D eigenvalue weighted by Crippen LogP contribution is 2.33. The number of H-pyrrole nitrogens is 1. The third-order valence-electron chi connectivity index (χ3n) is 4.92. The molecule has 1 unspecified atom stereocenters. The summed E-state index contributed by atoms with van der Waals surface area (Å²) < 4.78 is 0. The van der Waals surface area contributed by atoms with Crippen molar-refractivity contribution in [3.05, 3.63) is 18.1 Å². The summed E-state index contributed by atoms with van der Waals surface area (Å²) in [6.45, 7) is 2.16. The second kappa shape index (κ2) is 5.64. The Kier molecular flexibility index (Phi) is 3.51. The van der Waals surface area contributed by atoms with E-state index < -0.39 is 0 Å². The Hall–Kier alpha value is -1.62. The van der Waals surface area contributed by atoms with Crippen LogP contribution in [0.4, 0.5) is 5.82 Å². The normalized spacial score (nSPS) is 23.1. The van der Waals surface area contributed by atoms with Crippen LogP contribution in [0.25, 0.3) is 11.0 Å². The molecular weight excluding hydrogens is 262 g/mol. The average molecular weight is 285 g/mol. The van der Waals surface area contributed by atoms with Gasteiger partial charge < -0.3 is 15.6 Å². The van der Waals surface area contributed by atoms with Gasteiger partial charge in [0.25, 0.3) is 0 Å². The lowest BCUT2D eigenvalue weighted by Gasteiger charge is -2.26. The summed E-state index contributed by atoms with van der Waals surface area (Å²) in [6, 6.07) is 0.475. The van der Waals surface area contributed by atoms with Gasteiger partial charge in [0.15, 0.2) is 0 Å². The van der Waals surface area contributed by atoms with Crippen LogP contribution in [0.3, 0.4) is 0 Å². The first kappa shape index (κ1) is 13.1. The number of piperidine rings is 1. The SMILES string of the molecule is c1nc(NC2CCCNC2)c2c(CC3CCC3)c[nH]c2n1. The molecule has 0 aromatic carbocycles. The van der Waals surface area contributed by atoms with Gasteiger partial charge in [-0.3, -0.25) is 0 Å². The molecule has 1 aliphatic carbocycles. The molecule has 0 radical (unpaired) electrons. The summed E-state index contributed by atoms with van der Waals surface area (Å²) >= 11 is 0. The summed E-state index contributed by atoms with van der Waals surface area (Å²) in [5.74, 6) is 1.86. The molecular formula is C16H23N5. The number of nitrogens with one attached hydrogen (secondary N) is 3. The van der Waals surface area contributed by atoms with Gasteiger partial charge >= 0.3 is 0 Å². The van der Waals surface area contributed by atoms with Gasteiger partial charge in [0, 0.05) is 18.8 Å². The summed E-state index contributed by atoms with van der Waals surface area (Å²) in [5.41, 5.74) is 2.34. The van der Waals surface area contributed by atoms with Crippen LogP contribution >= 0.6 is 0 Å². The van der Waals surface area contributed by atoms with Crippen molar-refractivity contribution in [1.82, 2.24) is 20.3 Å². The third-order valence-corrected chi connectivity index (χ3v) is 4.92. The minimum Gasteiger partial charge on any atom is -0.365 e. The monoisotopic (exact) mass is 285 g/mol. The third kappa shape index (κ3) is 2.62. The Labute approximate surface area is 124 Å². The quantitative estimate of drug-likeness (QED) is 0.807. The number of hydrogen-bond donors (Lipinski definition) is 3. The molecule has 0 spiro atoms. The zero-order chi connectivity index (χ0) is 14.1. The van der Waals surface area contributed by atoms with Crippen molar-refractivity contribution in [1.29, 1.82) is 0 Å². The van der Waals surface area contributed by atoms with Crippen LogP contribution in [0.5, 0.6) is 0 Å². The van der Waals surface area contributed by atoms with E-state index in [1.54, 1.807) is 6.33 Å². The Morgan fingerprint density at radius 1 is 1.19 bits per heavy atom. The van der Waals surface area contributed by atoms with Gasteiger partial charge in [-0.15, -0.1) is 0 Å². The van der Waals surface area contributed by atoms with Crippen LogP contribution in [0.1, 0.15) is 37.7 Å². The highest BCUT2D eigenvalue weighted by Gasteiger charge is 2.22. The summed E-state index contributed by atoms with van der Waals surface area (Å²) in [4.78, 5) is 12.2. The molecule has 0 amide bonds. The fraction of sp³-hybridized carbons (Fsp3) is 0.625. The minimum atomic E-state index is 0.475. The molecule has 21 heavy (non-hydrogen) atoms. The van der Waals surface area contributed by atoms with Crippen molar-refractivity contribution in [2.24, 2.45) is 5.92 Å². The molecule has 1 saturated carbocycles. The standard InChI is InChI=1S/C16H23N5/c1-3-11(4-1)7-12-8-18-15-14(12)16(20-10-19-15)21-13-5-2-6-17-9-13/h8,10-11,13,17H,1-7,9H2,(H2,18,19,20,21). The molecule has 112 valence electrons. The molecule has 2 aliphatic rings. The molecule has 2 aromatic rings. The van der Waals surface area contributed by atoms with Gasteiger partial charge in [-0.2, -0.15) is 0 Å². The predicted molar refractivity (Wildman–Crippen MR) is 84.4 cm³/mol. The molecule has 3 heterocycles. The van der Waals surface area contributed by atoms with E-state index in [1.165, 1.54) is 43.1 Å². The van der Waals surface area contributed by atoms with Crippen LogP contribution in [-0.4, -0.2) is 34.1 Å². The Morgan fingerprint density at radius 2 is 2.14 bits per heavy atom. The van der Waals surface area contributed by atoms with Crippen molar-refractivity contribution in [2.75, 3.05) is 18.4 Å². The van der Waals surface area contributed by atoms with Crippen molar-refractivity contribution in [2.45, 2.75) is 44.6 Å². The lowest BCUT2D eigenvalue weighted by molar-refractivity contribution is 0.315. The van der Waals surface area contributed by atoms with E-state index >= 15 is 0 Å².